The van der Waals surface area contributed by atoms with E-state index in [1.165, 1.54) is 24.3 Å². The van der Waals surface area contributed by atoms with E-state index in [2.05, 4.69) is 4.98 Å². The van der Waals surface area contributed by atoms with Gasteiger partial charge in [-0.25, -0.2) is 0 Å². The normalized spacial score (nSPS) is 11.6. The Hall–Kier alpha value is -3.93. The maximum absolute atomic E-state index is 12.0. The minimum atomic E-state index is -0.555. The standard InChI is InChI=1S/C22H15NO5/c1-10-21(11-4-2-3-5-14(11)23-10)22-12-6-15(24)17(26)8-19(12)28-20-9-18(27)16(25)7-13(20)22/h2-9,23-26H,1H3. The number of phenolic OH excluding ortho intramolecular Hbond substituents is 3. The molecule has 138 valence electrons. The number of hydrogen-bond acceptors (Lipinski definition) is 5. The molecule has 0 saturated carbocycles. The minimum absolute atomic E-state index is 0.278. The molecule has 1 aromatic heterocycles. The summed E-state index contributed by atoms with van der Waals surface area (Å²) in [6, 6.07) is 13.1. The van der Waals surface area contributed by atoms with E-state index in [1.807, 2.05) is 31.2 Å². The summed E-state index contributed by atoms with van der Waals surface area (Å²) in [6.07, 6.45) is 0. The van der Waals surface area contributed by atoms with Crippen molar-refractivity contribution in [3.8, 4) is 39.7 Å². The Morgan fingerprint density at radius 2 is 1.61 bits per heavy atom. The lowest BCUT2D eigenvalue weighted by Crippen LogP contribution is -2.01. The fourth-order valence-electron chi connectivity index (χ4n) is 3.80. The lowest BCUT2D eigenvalue weighted by molar-refractivity contribution is 0.404. The molecule has 2 aromatic carbocycles. The Morgan fingerprint density at radius 1 is 0.857 bits per heavy atom. The molecule has 1 aliphatic carbocycles. The maximum Gasteiger partial charge on any atom is 0.223 e. The van der Waals surface area contributed by atoms with Crippen LogP contribution in [0.3, 0.4) is 0 Å². The number of H-pyrrole nitrogens is 1. The predicted octanol–water partition coefficient (Wildman–Crippen LogP) is 4.47. The molecule has 0 fully saturated rings. The number of hydrogen-bond donors (Lipinski definition) is 4. The topological polar surface area (TPSA) is 107 Å². The molecule has 0 atom stereocenters. The summed E-state index contributed by atoms with van der Waals surface area (Å²) in [6.45, 7) is 1.93. The highest BCUT2D eigenvalue weighted by atomic mass is 16.3. The molecular weight excluding hydrogens is 358 g/mol. The molecular formula is C22H15NO5. The second kappa shape index (κ2) is 5.53. The van der Waals surface area contributed by atoms with Crippen molar-refractivity contribution in [2.45, 2.75) is 6.92 Å². The molecule has 6 nitrogen and oxygen atoms in total. The van der Waals surface area contributed by atoms with Crippen LogP contribution in [0.2, 0.25) is 0 Å². The van der Waals surface area contributed by atoms with Gasteiger partial charge >= 0.3 is 0 Å². The quantitative estimate of drug-likeness (QED) is 0.256. The van der Waals surface area contributed by atoms with Crippen LogP contribution in [-0.4, -0.2) is 20.3 Å². The van der Waals surface area contributed by atoms with Gasteiger partial charge in [-0.3, -0.25) is 4.79 Å². The van der Waals surface area contributed by atoms with Gasteiger partial charge in [0.15, 0.2) is 17.2 Å². The second-order valence-electron chi connectivity index (χ2n) is 6.80. The number of fused-ring (bicyclic) bond motifs is 3. The van der Waals surface area contributed by atoms with E-state index in [0.29, 0.717) is 22.1 Å². The van der Waals surface area contributed by atoms with Gasteiger partial charge in [-0.15, -0.1) is 0 Å². The van der Waals surface area contributed by atoms with Crippen molar-refractivity contribution in [3.63, 3.8) is 0 Å². The highest BCUT2D eigenvalue weighted by molar-refractivity contribution is 6.10. The summed E-state index contributed by atoms with van der Waals surface area (Å²) in [5, 5.41) is 31.6. The summed E-state index contributed by atoms with van der Waals surface area (Å²) >= 11 is 0. The van der Waals surface area contributed by atoms with Crippen LogP contribution in [0, 0.1) is 6.92 Å². The summed E-state index contributed by atoms with van der Waals surface area (Å²) < 4.78 is 5.82. The van der Waals surface area contributed by atoms with Gasteiger partial charge in [-0.1, -0.05) is 18.2 Å². The van der Waals surface area contributed by atoms with E-state index < -0.39 is 5.43 Å². The lowest BCUT2D eigenvalue weighted by atomic mass is 9.91. The van der Waals surface area contributed by atoms with Crippen molar-refractivity contribution in [2.75, 3.05) is 0 Å². The maximum atomic E-state index is 12.0. The van der Waals surface area contributed by atoms with Crippen LogP contribution in [0.15, 0.2) is 57.7 Å². The Labute approximate surface area is 158 Å². The van der Waals surface area contributed by atoms with Crippen molar-refractivity contribution in [2.24, 2.45) is 0 Å². The van der Waals surface area contributed by atoms with E-state index in [0.717, 1.165) is 22.2 Å². The first-order valence-electron chi connectivity index (χ1n) is 8.67. The molecule has 5 rings (SSSR count). The molecule has 0 radical (unpaired) electrons. The average Bonchev–Trinajstić information content (AvgIpc) is 2.98. The average molecular weight is 373 g/mol. The molecule has 2 aliphatic rings. The second-order valence-corrected chi connectivity index (χ2v) is 6.80. The minimum Gasteiger partial charge on any atom is -0.504 e. The number of phenols is 3. The lowest BCUT2D eigenvalue weighted by Gasteiger charge is -2.16. The van der Waals surface area contributed by atoms with Crippen LogP contribution in [0.5, 0.6) is 17.2 Å². The van der Waals surface area contributed by atoms with Crippen LogP contribution >= 0.6 is 0 Å². The molecule has 0 unspecified atom stereocenters. The van der Waals surface area contributed by atoms with Gasteiger partial charge in [0.25, 0.3) is 0 Å². The largest absolute Gasteiger partial charge is 0.504 e. The molecule has 0 saturated heterocycles. The molecule has 6 heteroatoms. The van der Waals surface area contributed by atoms with Crippen LogP contribution in [0.25, 0.3) is 44.3 Å². The molecule has 4 N–H and O–H groups in total. The van der Waals surface area contributed by atoms with Crippen molar-refractivity contribution in [1.29, 1.82) is 0 Å². The number of aryl methyl sites for hydroxylation is 1. The fourth-order valence-corrected chi connectivity index (χ4v) is 3.80. The summed E-state index contributed by atoms with van der Waals surface area (Å²) in [5.74, 6) is -0.715. The highest BCUT2D eigenvalue weighted by Crippen LogP contribution is 2.46. The number of aromatic amines is 1. The van der Waals surface area contributed by atoms with Crippen LogP contribution in [0.1, 0.15) is 5.69 Å². The van der Waals surface area contributed by atoms with Gasteiger partial charge in [0.1, 0.15) is 11.3 Å². The number of para-hydroxylation sites is 1. The zero-order valence-electron chi connectivity index (χ0n) is 14.8. The third kappa shape index (κ3) is 2.18. The Kier molecular flexibility index (Phi) is 3.21. The van der Waals surface area contributed by atoms with Gasteiger partial charge in [0.05, 0.1) is 0 Å². The van der Waals surface area contributed by atoms with Gasteiger partial charge in [-0.2, -0.15) is 0 Å². The molecule has 1 aliphatic heterocycles. The number of benzene rings is 3. The molecule has 0 amide bonds. The van der Waals surface area contributed by atoms with Crippen LogP contribution in [-0.2, 0) is 0 Å². The third-order valence-electron chi connectivity index (χ3n) is 5.04. The Balaban J connectivity index is 2.06. The van der Waals surface area contributed by atoms with E-state index in [1.54, 1.807) is 0 Å². The molecule has 0 spiro atoms. The van der Waals surface area contributed by atoms with Gasteiger partial charge in [0, 0.05) is 50.8 Å². The fraction of sp³-hybridized carbons (Fsp3) is 0.0455. The van der Waals surface area contributed by atoms with Crippen molar-refractivity contribution >= 4 is 21.9 Å². The third-order valence-corrected chi connectivity index (χ3v) is 5.04. The Morgan fingerprint density at radius 3 is 2.43 bits per heavy atom. The first-order valence-corrected chi connectivity index (χ1v) is 8.67. The van der Waals surface area contributed by atoms with Crippen LogP contribution in [0.4, 0.5) is 0 Å². The van der Waals surface area contributed by atoms with Crippen LogP contribution < -0.4 is 5.43 Å². The van der Waals surface area contributed by atoms with Gasteiger partial charge < -0.3 is 24.7 Å². The van der Waals surface area contributed by atoms with Crippen molar-refractivity contribution in [1.82, 2.24) is 4.98 Å². The molecule has 2 heterocycles. The summed E-state index contributed by atoms with van der Waals surface area (Å²) in [4.78, 5) is 15.3. The first kappa shape index (κ1) is 16.3. The SMILES string of the molecule is Cc1[nH]c2ccccc2c1-c1c2cc(O)c(=O)cc-2oc2cc(O)c(O)cc12. The van der Waals surface area contributed by atoms with Crippen molar-refractivity contribution < 1.29 is 19.7 Å². The zero-order valence-corrected chi connectivity index (χ0v) is 14.8. The Bertz CT molecular complexity index is 1430. The number of aromatic hydroxyl groups is 3. The first-order chi connectivity index (χ1) is 13.4. The van der Waals surface area contributed by atoms with E-state index in [-0.39, 0.29) is 23.0 Å². The molecule has 28 heavy (non-hydrogen) atoms. The predicted molar refractivity (Wildman–Crippen MR) is 106 cm³/mol. The van der Waals surface area contributed by atoms with Crippen molar-refractivity contribution in [3.05, 3.63) is 64.4 Å². The van der Waals surface area contributed by atoms with E-state index in [9.17, 15) is 20.1 Å². The monoisotopic (exact) mass is 373 g/mol. The summed E-state index contributed by atoms with van der Waals surface area (Å²) in [7, 11) is 0. The van der Waals surface area contributed by atoms with Gasteiger partial charge in [-0.05, 0) is 25.1 Å². The number of rotatable bonds is 1. The van der Waals surface area contributed by atoms with E-state index in [4.69, 9.17) is 4.42 Å². The summed E-state index contributed by atoms with van der Waals surface area (Å²) in [5.41, 5.74) is 3.66. The highest BCUT2D eigenvalue weighted by Gasteiger charge is 2.23. The van der Waals surface area contributed by atoms with Gasteiger partial charge in [0.2, 0.25) is 5.43 Å². The number of nitrogens with one attached hydrogen (secondary N) is 1. The van der Waals surface area contributed by atoms with E-state index >= 15 is 0 Å². The smallest absolute Gasteiger partial charge is 0.223 e. The molecule has 0 bridgehead atoms. The zero-order chi connectivity index (χ0) is 19.6. The number of aromatic nitrogens is 1. The molecule has 3 aromatic rings.